The molecular weight excluding hydrogens is 535 g/mol. The van der Waals surface area contributed by atoms with Gasteiger partial charge in [-0.25, -0.2) is 9.37 Å². The van der Waals surface area contributed by atoms with Crippen molar-refractivity contribution < 1.29 is 19.0 Å². The molecule has 42 heavy (non-hydrogen) atoms. The Balaban J connectivity index is 1.30. The maximum Gasteiger partial charge on any atom is 0.319 e. The highest BCUT2D eigenvalue weighted by atomic mass is 19.1. The van der Waals surface area contributed by atoms with Crippen molar-refractivity contribution >= 4 is 27.5 Å². The van der Waals surface area contributed by atoms with Crippen molar-refractivity contribution in [2.75, 3.05) is 44.8 Å². The molecule has 8 rings (SSSR count). The van der Waals surface area contributed by atoms with E-state index in [1.165, 1.54) is 7.11 Å². The lowest BCUT2D eigenvalue weighted by Crippen LogP contribution is -2.51. The van der Waals surface area contributed by atoms with E-state index < -0.39 is 5.82 Å². The zero-order chi connectivity index (χ0) is 28.4. The summed E-state index contributed by atoms with van der Waals surface area (Å²) in [6, 6.07) is 11.6. The highest BCUT2D eigenvalue weighted by molar-refractivity contribution is 6.01. The number of aromatic hydroxyl groups is 1. The number of aromatic nitrogens is 3. The van der Waals surface area contributed by atoms with Gasteiger partial charge in [-0.2, -0.15) is 9.97 Å². The second-order valence-corrected chi connectivity index (χ2v) is 12.3. The average Bonchev–Trinajstić information content (AvgIpc) is 3.69. The quantitative estimate of drug-likeness (QED) is 0.344. The number of benzene rings is 2. The number of pyridine rings is 1. The van der Waals surface area contributed by atoms with Crippen LogP contribution in [0.5, 0.6) is 17.6 Å². The normalized spacial score (nSPS) is 23.1. The predicted octanol–water partition coefficient (Wildman–Crippen LogP) is 4.65. The molecule has 0 radical (unpaired) electrons. The maximum atomic E-state index is 16.8. The van der Waals surface area contributed by atoms with Crippen molar-refractivity contribution in [3.8, 4) is 28.9 Å². The number of anilines is 1. The molecule has 9 nitrogen and oxygen atoms in total. The first kappa shape index (κ1) is 25.9. The molecule has 0 aliphatic carbocycles. The SMILES string of the molecule is COc1nc(-c2cc(O)cc3ccccc23)c(F)c2nc(OCC34CCCN3CCC4)nc(N3C[C@H]4CC[C@@H](C3)N4)c12. The Bertz CT molecular complexity index is 1680. The molecule has 4 aliphatic rings. The summed E-state index contributed by atoms with van der Waals surface area (Å²) in [5, 5.41) is 16.2. The van der Waals surface area contributed by atoms with Crippen LogP contribution in [0.3, 0.4) is 0 Å². The molecule has 2 aromatic heterocycles. The van der Waals surface area contributed by atoms with E-state index in [9.17, 15) is 5.11 Å². The number of phenolic OH excluding ortho intramolecular Hbond substituents is 1. The highest BCUT2D eigenvalue weighted by Gasteiger charge is 2.45. The summed E-state index contributed by atoms with van der Waals surface area (Å²) < 4.78 is 29.0. The summed E-state index contributed by atoms with van der Waals surface area (Å²) in [6.07, 6.45) is 6.71. The molecule has 218 valence electrons. The first-order valence-corrected chi connectivity index (χ1v) is 15.1. The molecule has 4 fully saturated rings. The second kappa shape index (κ2) is 9.91. The number of fused-ring (bicyclic) bond motifs is 5. The average molecular weight is 571 g/mol. The Hall–Kier alpha value is -3.76. The third-order valence-corrected chi connectivity index (χ3v) is 9.80. The van der Waals surface area contributed by atoms with E-state index in [1.54, 1.807) is 12.1 Å². The molecule has 4 aliphatic heterocycles. The number of phenols is 1. The van der Waals surface area contributed by atoms with Crippen LogP contribution in [-0.2, 0) is 0 Å². The van der Waals surface area contributed by atoms with Gasteiger partial charge in [-0.3, -0.25) is 4.90 Å². The summed E-state index contributed by atoms with van der Waals surface area (Å²) in [4.78, 5) is 19.1. The van der Waals surface area contributed by atoms with Gasteiger partial charge < -0.3 is 24.8 Å². The van der Waals surface area contributed by atoms with E-state index in [0.29, 0.717) is 35.5 Å². The molecule has 0 saturated carbocycles. The van der Waals surface area contributed by atoms with Gasteiger partial charge in [0.2, 0.25) is 5.88 Å². The van der Waals surface area contributed by atoms with E-state index in [2.05, 4.69) is 15.1 Å². The molecule has 4 aromatic rings. The molecule has 2 atom stereocenters. The van der Waals surface area contributed by atoms with Crippen molar-refractivity contribution in [2.24, 2.45) is 0 Å². The number of nitrogens with zero attached hydrogens (tertiary/aromatic N) is 5. The van der Waals surface area contributed by atoms with E-state index >= 15 is 4.39 Å². The molecule has 6 heterocycles. The standard InChI is InChI=1S/C32H35FN6O3/c1-41-30-25-28(26(33)27(35-30)24-15-22(40)14-19-6-2-3-7-23(19)24)36-31(42-18-32-10-4-12-39(32)13-5-11-32)37-29(25)38-16-20-8-9-21(17-38)34-20/h2-3,6-7,14-15,20-21,34,40H,4-5,8-13,16-18H2,1H3/t20-,21+. The molecule has 0 amide bonds. The summed E-state index contributed by atoms with van der Waals surface area (Å²) >= 11 is 0. The van der Waals surface area contributed by atoms with Crippen LogP contribution in [0.1, 0.15) is 38.5 Å². The Morgan fingerprint density at radius 3 is 2.57 bits per heavy atom. The van der Waals surface area contributed by atoms with Crippen LogP contribution in [-0.4, -0.2) is 82.5 Å². The maximum absolute atomic E-state index is 16.8. The van der Waals surface area contributed by atoms with E-state index in [-0.39, 0.29) is 34.4 Å². The van der Waals surface area contributed by atoms with Crippen molar-refractivity contribution in [3.63, 3.8) is 0 Å². The van der Waals surface area contributed by atoms with Gasteiger partial charge in [-0.15, -0.1) is 0 Å². The number of methoxy groups -OCH3 is 1. The molecule has 4 saturated heterocycles. The molecular formula is C32H35FN6O3. The zero-order valence-electron chi connectivity index (χ0n) is 23.8. The minimum atomic E-state index is -0.588. The second-order valence-electron chi connectivity index (χ2n) is 12.3. The number of hydrogen-bond acceptors (Lipinski definition) is 9. The lowest BCUT2D eigenvalue weighted by Gasteiger charge is -2.35. The van der Waals surface area contributed by atoms with Gasteiger partial charge in [0, 0.05) is 30.7 Å². The number of hydrogen-bond donors (Lipinski definition) is 2. The number of piperazine rings is 1. The first-order valence-electron chi connectivity index (χ1n) is 15.1. The van der Waals surface area contributed by atoms with Gasteiger partial charge in [-0.1, -0.05) is 24.3 Å². The van der Waals surface area contributed by atoms with Crippen LogP contribution >= 0.6 is 0 Å². The van der Waals surface area contributed by atoms with E-state index in [0.717, 1.165) is 75.5 Å². The van der Waals surface area contributed by atoms with E-state index in [4.69, 9.17) is 24.4 Å². The van der Waals surface area contributed by atoms with Crippen LogP contribution in [0, 0.1) is 5.82 Å². The van der Waals surface area contributed by atoms with Crippen LogP contribution in [0.4, 0.5) is 10.2 Å². The molecule has 0 spiro atoms. The molecule has 2 bridgehead atoms. The van der Waals surface area contributed by atoms with Crippen LogP contribution in [0.2, 0.25) is 0 Å². The molecule has 0 unspecified atom stereocenters. The van der Waals surface area contributed by atoms with Gasteiger partial charge >= 0.3 is 6.01 Å². The largest absolute Gasteiger partial charge is 0.508 e. The Morgan fingerprint density at radius 1 is 1.05 bits per heavy atom. The fraction of sp³-hybridized carbons (Fsp3) is 0.469. The Labute approximate surface area is 243 Å². The Kier molecular flexibility index (Phi) is 6.12. The van der Waals surface area contributed by atoms with Gasteiger partial charge in [-0.05, 0) is 74.5 Å². The number of halogens is 1. The monoisotopic (exact) mass is 570 g/mol. The predicted molar refractivity (Wildman–Crippen MR) is 159 cm³/mol. The zero-order valence-corrected chi connectivity index (χ0v) is 23.8. The number of nitrogens with one attached hydrogen (secondary N) is 1. The molecule has 10 heteroatoms. The third-order valence-electron chi connectivity index (χ3n) is 9.80. The van der Waals surface area contributed by atoms with Gasteiger partial charge in [0.05, 0.1) is 12.6 Å². The van der Waals surface area contributed by atoms with Gasteiger partial charge in [0.1, 0.15) is 34.8 Å². The fourth-order valence-corrected chi connectivity index (χ4v) is 7.84. The fourth-order valence-electron chi connectivity index (χ4n) is 7.84. The lowest BCUT2D eigenvalue weighted by atomic mass is 9.95. The lowest BCUT2D eigenvalue weighted by molar-refractivity contribution is 0.108. The summed E-state index contributed by atoms with van der Waals surface area (Å²) in [5.74, 6) is 0.285. The number of ether oxygens (including phenoxy) is 2. The summed E-state index contributed by atoms with van der Waals surface area (Å²) in [6.45, 7) is 4.18. The Morgan fingerprint density at radius 2 is 1.81 bits per heavy atom. The van der Waals surface area contributed by atoms with Crippen LogP contribution in [0.25, 0.3) is 32.9 Å². The topological polar surface area (TPSA) is 95.9 Å². The van der Waals surface area contributed by atoms with Crippen molar-refractivity contribution in [1.29, 1.82) is 0 Å². The number of rotatable bonds is 6. The van der Waals surface area contributed by atoms with Crippen molar-refractivity contribution in [3.05, 3.63) is 42.2 Å². The molecule has 2 N–H and O–H groups in total. The third kappa shape index (κ3) is 4.14. The van der Waals surface area contributed by atoms with Crippen molar-refractivity contribution in [1.82, 2.24) is 25.2 Å². The van der Waals surface area contributed by atoms with Gasteiger partial charge in [0.25, 0.3) is 0 Å². The van der Waals surface area contributed by atoms with Crippen molar-refractivity contribution in [2.45, 2.75) is 56.1 Å². The minimum Gasteiger partial charge on any atom is -0.508 e. The first-order chi connectivity index (χ1) is 20.5. The van der Waals surface area contributed by atoms with Gasteiger partial charge in [0.15, 0.2) is 5.82 Å². The molecule has 2 aromatic carbocycles. The van der Waals surface area contributed by atoms with E-state index in [1.807, 2.05) is 24.3 Å². The highest BCUT2D eigenvalue weighted by Crippen LogP contribution is 2.43. The van der Waals surface area contributed by atoms with Crippen LogP contribution in [0.15, 0.2) is 36.4 Å². The van der Waals surface area contributed by atoms with Crippen LogP contribution < -0.4 is 19.7 Å². The minimum absolute atomic E-state index is 0.00670. The summed E-state index contributed by atoms with van der Waals surface area (Å²) in [5.41, 5.74) is 0.658. The summed E-state index contributed by atoms with van der Waals surface area (Å²) in [7, 11) is 1.54. The smallest absolute Gasteiger partial charge is 0.319 e.